The van der Waals surface area contributed by atoms with Gasteiger partial charge in [0, 0.05) is 5.02 Å². The molecule has 1 aromatic carbocycles. The van der Waals surface area contributed by atoms with Gasteiger partial charge in [0.15, 0.2) is 11.6 Å². The summed E-state index contributed by atoms with van der Waals surface area (Å²) >= 11 is 5.84. The molecule has 0 spiro atoms. The average molecular weight is 358 g/mol. The Morgan fingerprint density at radius 2 is 1.83 bits per heavy atom. The summed E-state index contributed by atoms with van der Waals surface area (Å²) in [5, 5.41) is 31.6. The van der Waals surface area contributed by atoms with Crippen molar-refractivity contribution in [2.24, 2.45) is 16.5 Å². The van der Waals surface area contributed by atoms with E-state index in [2.05, 4.69) is 10.3 Å². The first-order valence-corrected chi connectivity index (χ1v) is 7.46. The summed E-state index contributed by atoms with van der Waals surface area (Å²) in [5.74, 6) is -0.778. The fourth-order valence-electron chi connectivity index (χ4n) is 2.05. The second-order valence-electron chi connectivity index (χ2n) is 5.11. The van der Waals surface area contributed by atoms with Gasteiger partial charge in [-0.1, -0.05) is 11.6 Å². The minimum atomic E-state index is -1.62. The standard InChI is InChI=1S/C14H20ClN5O4/c15-9-1-3-11(4-2-9)24-12-5-18-14(16,17)19-13(12)20(8-23)10(6-21)7-22/h1-5,10,19,21-23H,6-8,16-17H2. The molecule has 24 heavy (non-hydrogen) atoms. The Morgan fingerprint density at radius 1 is 1.21 bits per heavy atom. The van der Waals surface area contributed by atoms with Gasteiger partial charge in [-0.05, 0) is 24.3 Å². The van der Waals surface area contributed by atoms with Gasteiger partial charge in [0.05, 0.1) is 25.5 Å². The van der Waals surface area contributed by atoms with Crippen molar-refractivity contribution in [2.45, 2.75) is 12.0 Å². The fraction of sp³-hybridized carbons (Fsp3) is 0.357. The summed E-state index contributed by atoms with van der Waals surface area (Å²) in [6.07, 6.45) is 1.30. The van der Waals surface area contributed by atoms with Crippen molar-refractivity contribution in [3.8, 4) is 5.75 Å². The van der Waals surface area contributed by atoms with Gasteiger partial charge in [-0.2, -0.15) is 0 Å². The maximum absolute atomic E-state index is 9.63. The van der Waals surface area contributed by atoms with E-state index in [4.69, 9.17) is 27.8 Å². The quantitative estimate of drug-likeness (QED) is 0.329. The van der Waals surface area contributed by atoms with E-state index in [1.54, 1.807) is 24.3 Å². The number of aliphatic imine (C=N–C) groups is 1. The van der Waals surface area contributed by atoms with E-state index < -0.39 is 31.9 Å². The molecule has 1 aliphatic rings. The topological polar surface area (TPSA) is 150 Å². The highest BCUT2D eigenvalue weighted by Crippen LogP contribution is 2.22. The van der Waals surface area contributed by atoms with Crippen LogP contribution in [-0.2, 0) is 0 Å². The van der Waals surface area contributed by atoms with E-state index in [0.29, 0.717) is 10.8 Å². The third kappa shape index (κ3) is 4.35. The van der Waals surface area contributed by atoms with Crippen molar-refractivity contribution in [1.29, 1.82) is 0 Å². The van der Waals surface area contributed by atoms with Crippen LogP contribution in [0.2, 0.25) is 5.02 Å². The first-order valence-electron chi connectivity index (χ1n) is 7.08. The zero-order chi connectivity index (χ0) is 17.7. The van der Waals surface area contributed by atoms with E-state index >= 15 is 0 Å². The van der Waals surface area contributed by atoms with Crippen molar-refractivity contribution < 1.29 is 20.1 Å². The van der Waals surface area contributed by atoms with Gasteiger partial charge in [0.1, 0.15) is 12.5 Å². The van der Waals surface area contributed by atoms with E-state index in [0.717, 1.165) is 0 Å². The van der Waals surface area contributed by atoms with Crippen LogP contribution in [0.25, 0.3) is 0 Å². The van der Waals surface area contributed by atoms with Crippen LogP contribution in [0.4, 0.5) is 0 Å². The molecule has 0 atom stereocenters. The van der Waals surface area contributed by atoms with Gasteiger partial charge in [0.25, 0.3) is 0 Å². The molecule has 0 aliphatic carbocycles. The van der Waals surface area contributed by atoms with Crippen LogP contribution >= 0.6 is 11.6 Å². The Morgan fingerprint density at radius 3 is 2.38 bits per heavy atom. The molecule has 1 heterocycles. The highest BCUT2D eigenvalue weighted by Gasteiger charge is 2.31. The number of benzene rings is 1. The smallest absolute Gasteiger partial charge is 0.240 e. The number of halogens is 1. The zero-order valence-corrected chi connectivity index (χ0v) is 13.5. The predicted molar refractivity (Wildman–Crippen MR) is 88.7 cm³/mol. The molecule has 0 amide bonds. The molecule has 9 nitrogen and oxygen atoms in total. The third-order valence-electron chi connectivity index (χ3n) is 3.29. The molecule has 0 radical (unpaired) electrons. The van der Waals surface area contributed by atoms with E-state index in [1.807, 2.05) is 0 Å². The van der Waals surface area contributed by atoms with E-state index in [-0.39, 0.29) is 11.6 Å². The van der Waals surface area contributed by atoms with Gasteiger partial charge in [0.2, 0.25) is 5.91 Å². The van der Waals surface area contributed by atoms with Gasteiger partial charge in [-0.15, -0.1) is 0 Å². The van der Waals surface area contributed by atoms with Gasteiger partial charge in [-0.3, -0.25) is 11.5 Å². The predicted octanol–water partition coefficient (Wildman–Crippen LogP) is -1.30. The molecule has 1 aromatic rings. The van der Waals surface area contributed by atoms with Crippen LogP contribution in [-0.4, -0.2) is 58.3 Å². The van der Waals surface area contributed by atoms with Gasteiger partial charge in [-0.25, -0.2) is 4.99 Å². The molecular formula is C14H20ClN5O4. The highest BCUT2D eigenvalue weighted by atomic mass is 35.5. The molecule has 0 fully saturated rings. The second kappa shape index (κ2) is 7.79. The molecule has 0 bridgehead atoms. The molecular weight excluding hydrogens is 338 g/mol. The Hall–Kier alpha value is -1.88. The highest BCUT2D eigenvalue weighted by molar-refractivity contribution is 6.30. The van der Waals surface area contributed by atoms with Crippen LogP contribution < -0.4 is 21.5 Å². The summed E-state index contributed by atoms with van der Waals surface area (Å²) < 4.78 is 5.72. The lowest BCUT2D eigenvalue weighted by atomic mass is 10.2. The number of ether oxygens (including phenoxy) is 1. The molecule has 0 aromatic heterocycles. The first kappa shape index (κ1) is 18.5. The molecule has 0 unspecified atom stereocenters. The molecule has 1 aliphatic heterocycles. The monoisotopic (exact) mass is 357 g/mol. The Labute approximate surface area is 143 Å². The van der Waals surface area contributed by atoms with Crippen LogP contribution in [0.3, 0.4) is 0 Å². The van der Waals surface area contributed by atoms with Crippen molar-refractivity contribution in [3.63, 3.8) is 0 Å². The van der Waals surface area contributed by atoms with Crippen LogP contribution in [0, 0.1) is 0 Å². The summed E-state index contributed by atoms with van der Waals surface area (Å²) in [5.41, 5.74) is 11.5. The molecule has 132 valence electrons. The van der Waals surface area contributed by atoms with Crippen LogP contribution in [0.1, 0.15) is 0 Å². The summed E-state index contributed by atoms with van der Waals surface area (Å²) in [6, 6.07) is 5.80. The minimum absolute atomic E-state index is 0.181. The lowest BCUT2D eigenvalue weighted by molar-refractivity contribution is 0.0260. The number of aliphatic hydroxyl groups is 3. The third-order valence-corrected chi connectivity index (χ3v) is 3.54. The van der Waals surface area contributed by atoms with Gasteiger partial charge >= 0.3 is 0 Å². The number of nitrogens with two attached hydrogens (primary N) is 2. The SMILES string of the molecule is NC1(N)N=CC(Oc2ccc(Cl)cc2)=C(N(CO)C(CO)CO)N1. The fourth-order valence-corrected chi connectivity index (χ4v) is 2.18. The maximum atomic E-state index is 9.63. The Balaban J connectivity index is 2.38. The second-order valence-corrected chi connectivity index (χ2v) is 5.54. The lowest BCUT2D eigenvalue weighted by Gasteiger charge is -2.37. The van der Waals surface area contributed by atoms with Gasteiger partial charge < -0.3 is 30.3 Å². The molecule has 0 saturated heterocycles. The number of allylic oxidation sites excluding steroid dienone is 1. The molecule has 0 saturated carbocycles. The molecule has 2 rings (SSSR count). The Bertz CT molecular complexity index is 616. The molecule has 8 N–H and O–H groups in total. The first-order chi connectivity index (χ1) is 11.4. The van der Waals surface area contributed by atoms with Crippen LogP contribution in [0.5, 0.6) is 5.75 Å². The normalized spacial score (nSPS) is 16.3. The minimum Gasteiger partial charge on any atom is -0.452 e. The summed E-state index contributed by atoms with van der Waals surface area (Å²) in [7, 11) is 0. The van der Waals surface area contributed by atoms with E-state index in [9.17, 15) is 15.3 Å². The zero-order valence-electron chi connectivity index (χ0n) is 12.8. The lowest BCUT2D eigenvalue weighted by Crippen LogP contribution is -2.64. The largest absolute Gasteiger partial charge is 0.452 e. The number of hydrogen-bond donors (Lipinski definition) is 6. The van der Waals surface area contributed by atoms with E-state index in [1.165, 1.54) is 11.1 Å². The number of aliphatic hydroxyl groups excluding tert-OH is 3. The maximum Gasteiger partial charge on any atom is 0.240 e. The van der Waals surface area contributed by atoms with Crippen molar-refractivity contribution >= 4 is 17.8 Å². The number of nitrogens with zero attached hydrogens (tertiary/aromatic N) is 2. The number of hydrogen-bond acceptors (Lipinski definition) is 9. The van der Waals surface area contributed by atoms with Crippen molar-refractivity contribution in [2.75, 3.05) is 19.9 Å². The summed E-state index contributed by atoms with van der Waals surface area (Å²) in [6.45, 7) is -1.34. The number of rotatable bonds is 7. The Kier molecular flexibility index (Phi) is 5.99. The average Bonchev–Trinajstić information content (AvgIpc) is 2.56. The molecule has 10 heteroatoms. The number of nitrogens with one attached hydrogen (secondary N) is 1. The summed E-state index contributed by atoms with van der Waals surface area (Å²) in [4.78, 5) is 5.18. The van der Waals surface area contributed by atoms with Crippen molar-refractivity contribution in [3.05, 3.63) is 40.9 Å². The van der Waals surface area contributed by atoms with Crippen molar-refractivity contribution in [1.82, 2.24) is 10.2 Å². The van der Waals surface area contributed by atoms with Crippen LogP contribution in [0.15, 0.2) is 40.8 Å².